The van der Waals surface area contributed by atoms with Crippen LogP contribution < -0.4 is 5.46 Å². The van der Waals surface area contributed by atoms with Gasteiger partial charge in [0.25, 0.3) is 0 Å². The van der Waals surface area contributed by atoms with E-state index in [1.165, 1.54) is 12.1 Å². The first-order valence-corrected chi connectivity index (χ1v) is 5.60. The lowest BCUT2D eigenvalue weighted by molar-refractivity contribution is 0.00578. The predicted molar refractivity (Wildman–Crippen MR) is 66.9 cm³/mol. The lowest BCUT2D eigenvalue weighted by atomic mass is 9.78. The van der Waals surface area contributed by atoms with Gasteiger partial charge >= 0.3 is 7.12 Å². The topological polar surface area (TPSA) is 18.5 Å². The van der Waals surface area contributed by atoms with E-state index in [0.717, 1.165) is 6.07 Å². The van der Waals surface area contributed by atoms with Crippen molar-refractivity contribution in [1.29, 1.82) is 0 Å². The van der Waals surface area contributed by atoms with Gasteiger partial charge in [-0.1, -0.05) is 17.7 Å². The van der Waals surface area contributed by atoms with Crippen molar-refractivity contribution in [3.8, 4) is 0 Å². The highest BCUT2D eigenvalue weighted by molar-refractivity contribution is 6.62. The fraction of sp³-hybridized carbons (Fsp3) is 0.538. The summed E-state index contributed by atoms with van der Waals surface area (Å²) >= 11 is 0. The molecule has 0 aliphatic carbocycles. The molecular weight excluding hydrogens is 218 g/mol. The first-order chi connectivity index (χ1) is 8.94. The molecule has 0 bridgehead atoms. The standard InChI is InChI=1S/C13H18BFO2/c1-9-6-7-11(15)10(8-9)14-16-12(2,3)13(4,5)17-14/h6-8H,1-5H3/i1D3. The third kappa shape index (κ3) is 2.12. The summed E-state index contributed by atoms with van der Waals surface area (Å²) in [6, 6.07) is 3.70. The highest BCUT2D eigenvalue weighted by Gasteiger charge is 2.52. The van der Waals surface area contributed by atoms with Crippen molar-refractivity contribution in [2.24, 2.45) is 0 Å². The van der Waals surface area contributed by atoms with Crippen LogP contribution >= 0.6 is 0 Å². The minimum absolute atomic E-state index is 0.0728. The van der Waals surface area contributed by atoms with Gasteiger partial charge in [-0.2, -0.15) is 0 Å². The van der Waals surface area contributed by atoms with E-state index in [2.05, 4.69) is 0 Å². The maximum atomic E-state index is 14.0. The summed E-state index contributed by atoms with van der Waals surface area (Å²) in [5, 5.41) is 0. The van der Waals surface area contributed by atoms with Gasteiger partial charge in [0.1, 0.15) is 5.82 Å². The Morgan fingerprint density at radius 1 is 1.18 bits per heavy atom. The van der Waals surface area contributed by atoms with Crippen LogP contribution in [-0.4, -0.2) is 18.3 Å². The van der Waals surface area contributed by atoms with E-state index in [0.29, 0.717) is 0 Å². The van der Waals surface area contributed by atoms with E-state index < -0.39 is 31.0 Å². The Balaban J connectivity index is 2.40. The van der Waals surface area contributed by atoms with Crippen LogP contribution in [0, 0.1) is 12.7 Å². The summed E-state index contributed by atoms with van der Waals surface area (Å²) in [7, 11) is -0.901. The molecule has 0 amide bonds. The zero-order valence-corrected chi connectivity index (χ0v) is 10.5. The number of halogens is 1. The molecule has 1 aromatic carbocycles. The molecule has 0 spiro atoms. The molecule has 1 aliphatic heterocycles. The highest BCUT2D eigenvalue weighted by atomic mass is 19.1. The van der Waals surface area contributed by atoms with Crippen LogP contribution in [0.25, 0.3) is 0 Å². The van der Waals surface area contributed by atoms with Gasteiger partial charge in [0.05, 0.1) is 11.2 Å². The molecule has 0 unspecified atom stereocenters. The molecule has 2 nitrogen and oxygen atoms in total. The van der Waals surface area contributed by atoms with E-state index in [1.807, 2.05) is 27.7 Å². The third-order valence-corrected chi connectivity index (χ3v) is 3.50. The van der Waals surface area contributed by atoms with Gasteiger partial charge in [0.15, 0.2) is 0 Å². The third-order valence-electron chi connectivity index (χ3n) is 3.50. The normalized spacial score (nSPS) is 25.2. The summed E-state index contributed by atoms with van der Waals surface area (Å²) in [6.45, 7) is 5.15. The number of hydrogen-bond acceptors (Lipinski definition) is 2. The molecule has 92 valence electrons. The van der Waals surface area contributed by atoms with Crippen molar-refractivity contribution in [2.75, 3.05) is 0 Å². The van der Waals surface area contributed by atoms with E-state index in [9.17, 15) is 4.39 Å². The van der Waals surface area contributed by atoms with Crippen LogP contribution in [0.4, 0.5) is 4.39 Å². The SMILES string of the molecule is [2H]C([2H])([2H])c1ccc(F)c(B2OC(C)(C)C(C)(C)O2)c1. The van der Waals surface area contributed by atoms with Gasteiger partial charge in [-0.15, -0.1) is 0 Å². The Kier molecular flexibility index (Phi) is 2.05. The molecule has 0 atom stereocenters. The van der Waals surface area contributed by atoms with Gasteiger partial charge in [-0.3, -0.25) is 0 Å². The molecule has 1 aliphatic rings. The Morgan fingerprint density at radius 2 is 1.76 bits per heavy atom. The lowest BCUT2D eigenvalue weighted by Gasteiger charge is -2.32. The fourth-order valence-corrected chi connectivity index (χ4v) is 1.69. The maximum Gasteiger partial charge on any atom is 0.497 e. The Labute approximate surface area is 106 Å². The van der Waals surface area contributed by atoms with Crippen LogP contribution in [0.15, 0.2) is 18.2 Å². The van der Waals surface area contributed by atoms with Crippen molar-refractivity contribution in [3.05, 3.63) is 29.6 Å². The minimum atomic E-state index is -2.29. The molecule has 1 aromatic rings. The van der Waals surface area contributed by atoms with E-state index in [-0.39, 0.29) is 11.0 Å². The van der Waals surface area contributed by atoms with Gasteiger partial charge in [0.2, 0.25) is 0 Å². The number of rotatable bonds is 1. The van der Waals surface area contributed by atoms with Crippen molar-refractivity contribution in [3.63, 3.8) is 0 Å². The van der Waals surface area contributed by atoms with Crippen LogP contribution in [0.2, 0.25) is 0 Å². The summed E-state index contributed by atoms with van der Waals surface area (Å²) in [5.74, 6) is -0.531. The van der Waals surface area contributed by atoms with E-state index in [4.69, 9.17) is 13.4 Å². The summed E-state index contributed by atoms with van der Waals surface area (Å²) in [6.07, 6.45) is 0. The van der Waals surface area contributed by atoms with Crippen LogP contribution in [-0.2, 0) is 9.31 Å². The molecule has 2 rings (SSSR count). The maximum absolute atomic E-state index is 14.0. The second-order valence-corrected chi connectivity index (χ2v) is 5.32. The first-order valence-electron chi connectivity index (χ1n) is 7.10. The smallest absolute Gasteiger partial charge is 0.399 e. The molecule has 0 aromatic heterocycles. The summed E-state index contributed by atoms with van der Waals surface area (Å²) in [4.78, 5) is 0. The van der Waals surface area contributed by atoms with Crippen LogP contribution in [0.1, 0.15) is 37.4 Å². The average molecular weight is 239 g/mol. The molecule has 0 radical (unpaired) electrons. The van der Waals surface area contributed by atoms with Crippen LogP contribution in [0.5, 0.6) is 0 Å². The molecule has 17 heavy (non-hydrogen) atoms. The summed E-state index contributed by atoms with van der Waals surface area (Å²) in [5.41, 5.74) is -0.999. The van der Waals surface area contributed by atoms with Gasteiger partial charge < -0.3 is 9.31 Å². The van der Waals surface area contributed by atoms with Crippen LogP contribution in [0.3, 0.4) is 0 Å². The molecule has 0 N–H and O–H groups in total. The molecule has 1 saturated heterocycles. The molecule has 0 saturated carbocycles. The average Bonchev–Trinajstić information content (AvgIpc) is 2.46. The van der Waals surface area contributed by atoms with Gasteiger partial charge in [-0.05, 0) is 40.6 Å². The Morgan fingerprint density at radius 3 is 2.29 bits per heavy atom. The van der Waals surface area contributed by atoms with Gasteiger partial charge in [0, 0.05) is 9.58 Å². The number of benzene rings is 1. The Hall–Kier alpha value is -0.865. The predicted octanol–water partition coefficient (Wildman–Crippen LogP) is 2.43. The quantitative estimate of drug-likeness (QED) is 0.701. The largest absolute Gasteiger partial charge is 0.497 e. The zero-order chi connectivity index (χ0) is 15.3. The molecule has 1 heterocycles. The molecular formula is C13H18BFO2. The van der Waals surface area contributed by atoms with Crippen molar-refractivity contribution < 1.29 is 17.8 Å². The number of aryl methyl sites for hydroxylation is 1. The van der Waals surface area contributed by atoms with Gasteiger partial charge in [-0.25, -0.2) is 4.39 Å². The first kappa shape index (κ1) is 9.12. The fourth-order valence-electron chi connectivity index (χ4n) is 1.69. The van der Waals surface area contributed by atoms with Crippen molar-refractivity contribution in [1.82, 2.24) is 0 Å². The molecule has 4 heteroatoms. The van der Waals surface area contributed by atoms with Crippen molar-refractivity contribution in [2.45, 2.75) is 45.7 Å². The molecule has 1 fully saturated rings. The van der Waals surface area contributed by atoms with Crippen molar-refractivity contribution >= 4 is 12.6 Å². The second-order valence-electron chi connectivity index (χ2n) is 5.32. The van der Waals surface area contributed by atoms with E-state index >= 15 is 0 Å². The monoisotopic (exact) mass is 239 g/mol. The number of hydrogen-bond donors (Lipinski definition) is 0. The lowest BCUT2D eigenvalue weighted by Crippen LogP contribution is -2.41. The van der Waals surface area contributed by atoms with E-state index in [1.54, 1.807) is 0 Å². The zero-order valence-electron chi connectivity index (χ0n) is 13.5. The Bertz CT molecular complexity index is 513. The second kappa shape index (κ2) is 3.82. The minimum Gasteiger partial charge on any atom is -0.399 e. The summed E-state index contributed by atoms with van der Waals surface area (Å²) < 4.78 is 47.7. The highest BCUT2D eigenvalue weighted by Crippen LogP contribution is 2.36.